The fourth-order valence-electron chi connectivity index (χ4n) is 2.76. The number of nitrogens with two attached hydrogens (primary N) is 1. The minimum absolute atomic E-state index is 0.0923. The van der Waals surface area contributed by atoms with Crippen LogP contribution in [0.5, 0.6) is 0 Å². The number of anilines is 1. The molecule has 0 radical (unpaired) electrons. The topological polar surface area (TPSA) is 38.5 Å². The molecule has 1 saturated heterocycles. The molecule has 118 valence electrons. The molecule has 0 aromatic heterocycles. The number of halogens is 3. The Morgan fingerprint density at radius 2 is 2.14 bits per heavy atom. The average molecular weight is 302 g/mol. The van der Waals surface area contributed by atoms with E-state index >= 15 is 0 Å². The number of hydrogen-bond acceptors (Lipinski definition) is 3. The summed E-state index contributed by atoms with van der Waals surface area (Å²) in [6.45, 7) is 4.21. The molecule has 0 saturated carbocycles. The average Bonchev–Trinajstić information content (AvgIpc) is 2.46. The molecule has 1 heterocycles. The van der Waals surface area contributed by atoms with Gasteiger partial charge in [0.1, 0.15) is 0 Å². The van der Waals surface area contributed by atoms with Crippen molar-refractivity contribution >= 4 is 5.69 Å². The van der Waals surface area contributed by atoms with Crippen LogP contribution in [0.25, 0.3) is 0 Å². The van der Waals surface area contributed by atoms with Crippen molar-refractivity contribution in [1.29, 1.82) is 0 Å². The summed E-state index contributed by atoms with van der Waals surface area (Å²) in [5, 5.41) is 0. The van der Waals surface area contributed by atoms with Crippen LogP contribution in [0.4, 0.5) is 18.9 Å². The molecule has 0 amide bonds. The first-order valence-electron chi connectivity index (χ1n) is 7.22. The molecule has 6 heteroatoms. The summed E-state index contributed by atoms with van der Waals surface area (Å²) in [5.74, 6) is 0. The van der Waals surface area contributed by atoms with Crippen LogP contribution in [0.15, 0.2) is 18.2 Å². The number of rotatable bonds is 4. The summed E-state index contributed by atoms with van der Waals surface area (Å²) >= 11 is 0. The highest BCUT2D eigenvalue weighted by Crippen LogP contribution is 2.33. The second kappa shape index (κ2) is 6.66. The largest absolute Gasteiger partial charge is 0.416 e. The van der Waals surface area contributed by atoms with Crippen LogP contribution >= 0.6 is 0 Å². The van der Waals surface area contributed by atoms with E-state index in [1.807, 2.05) is 6.92 Å². The SMILES string of the molecule is CCOC1CCCN(c2ccc(C(F)(F)F)cc2CN)C1. The van der Waals surface area contributed by atoms with Crippen LogP contribution in [0, 0.1) is 0 Å². The van der Waals surface area contributed by atoms with Crippen LogP contribution in [0.1, 0.15) is 30.9 Å². The van der Waals surface area contributed by atoms with Crippen molar-refractivity contribution in [3.05, 3.63) is 29.3 Å². The van der Waals surface area contributed by atoms with Gasteiger partial charge in [-0.3, -0.25) is 0 Å². The van der Waals surface area contributed by atoms with Gasteiger partial charge in [0.15, 0.2) is 0 Å². The number of nitrogens with zero attached hydrogens (tertiary/aromatic N) is 1. The Kier molecular flexibility index (Phi) is 5.11. The molecule has 2 N–H and O–H groups in total. The quantitative estimate of drug-likeness (QED) is 0.928. The van der Waals surface area contributed by atoms with Crippen LogP contribution in [-0.4, -0.2) is 25.8 Å². The van der Waals surface area contributed by atoms with Crippen LogP contribution < -0.4 is 10.6 Å². The Labute approximate surface area is 122 Å². The van der Waals surface area contributed by atoms with E-state index < -0.39 is 11.7 Å². The Bertz CT molecular complexity index is 474. The third kappa shape index (κ3) is 3.89. The van der Waals surface area contributed by atoms with E-state index in [1.54, 1.807) is 0 Å². The number of ether oxygens (including phenoxy) is 1. The van der Waals surface area contributed by atoms with Gasteiger partial charge < -0.3 is 15.4 Å². The van der Waals surface area contributed by atoms with Crippen molar-refractivity contribution in [1.82, 2.24) is 0 Å². The lowest BCUT2D eigenvalue weighted by atomic mass is 10.0. The first-order valence-corrected chi connectivity index (χ1v) is 7.22. The standard InChI is InChI=1S/C15H21F3N2O/c1-2-21-13-4-3-7-20(10-13)14-6-5-12(15(16,17)18)8-11(14)9-19/h5-6,8,13H,2-4,7,9-10,19H2,1H3. The van der Waals surface area contributed by atoms with E-state index in [9.17, 15) is 13.2 Å². The first-order chi connectivity index (χ1) is 9.95. The van der Waals surface area contributed by atoms with Crippen molar-refractivity contribution in [2.45, 2.75) is 38.6 Å². The summed E-state index contributed by atoms with van der Waals surface area (Å²) in [5.41, 5.74) is 6.31. The molecule has 3 nitrogen and oxygen atoms in total. The Hall–Kier alpha value is -1.27. The van der Waals surface area contributed by atoms with Crippen molar-refractivity contribution in [2.24, 2.45) is 5.73 Å². The van der Waals surface area contributed by atoms with Gasteiger partial charge in [0, 0.05) is 31.9 Å². The maximum Gasteiger partial charge on any atom is 0.416 e. The van der Waals surface area contributed by atoms with E-state index in [0.717, 1.165) is 37.2 Å². The predicted octanol–water partition coefficient (Wildman–Crippen LogP) is 3.17. The highest BCUT2D eigenvalue weighted by Gasteiger charge is 2.31. The highest BCUT2D eigenvalue weighted by atomic mass is 19.4. The van der Waals surface area contributed by atoms with E-state index in [0.29, 0.717) is 18.7 Å². The van der Waals surface area contributed by atoms with E-state index in [4.69, 9.17) is 10.5 Å². The van der Waals surface area contributed by atoms with Gasteiger partial charge in [0.05, 0.1) is 11.7 Å². The minimum atomic E-state index is -4.34. The summed E-state index contributed by atoms with van der Waals surface area (Å²) in [4.78, 5) is 2.08. The fraction of sp³-hybridized carbons (Fsp3) is 0.600. The molecule has 1 fully saturated rings. The van der Waals surface area contributed by atoms with Gasteiger partial charge in [-0.2, -0.15) is 13.2 Å². The van der Waals surface area contributed by atoms with Crippen molar-refractivity contribution < 1.29 is 17.9 Å². The molecule has 2 rings (SSSR count). The van der Waals surface area contributed by atoms with Crippen LogP contribution in [0.2, 0.25) is 0 Å². The molecule has 1 aromatic rings. The van der Waals surface area contributed by atoms with Gasteiger partial charge in [0.2, 0.25) is 0 Å². The van der Waals surface area contributed by atoms with Crippen molar-refractivity contribution in [3.8, 4) is 0 Å². The first kappa shape index (κ1) is 16.1. The smallest absolute Gasteiger partial charge is 0.377 e. The molecule has 0 bridgehead atoms. The lowest BCUT2D eigenvalue weighted by Gasteiger charge is -2.35. The molecule has 1 aliphatic rings. The van der Waals surface area contributed by atoms with Gasteiger partial charge in [-0.05, 0) is 43.5 Å². The normalized spacial score (nSPS) is 19.9. The van der Waals surface area contributed by atoms with E-state index in [-0.39, 0.29) is 12.6 Å². The van der Waals surface area contributed by atoms with Crippen molar-refractivity contribution in [2.75, 3.05) is 24.6 Å². The molecule has 1 atom stereocenters. The maximum absolute atomic E-state index is 12.8. The van der Waals surface area contributed by atoms with Gasteiger partial charge in [0.25, 0.3) is 0 Å². The third-order valence-electron chi connectivity index (χ3n) is 3.75. The van der Waals surface area contributed by atoms with Crippen molar-refractivity contribution in [3.63, 3.8) is 0 Å². The molecular formula is C15H21F3N2O. The molecule has 21 heavy (non-hydrogen) atoms. The monoisotopic (exact) mass is 302 g/mol. The molecule has 1 aromatic carbocycles. The van der Waals surface area contributed by atoms with Crippen LogP contribution in [0.3, 0.4) is 0 Å². The van der Waals surface area contributed by atoms with Gasteiger partial charge in [-0.25, -0.2) is 0 Å². The molecule has 1 unspecified atom stereocenters. The fourth-order valence-corrected chi connectivity index (χ4v) is 2.76. The number of alkyl halides is 3. The zero-order valence-electron chi connectivity index (χ0n) is 12.1. The predicted molar refractivity (Wildman–Crippen MR) is 76.2 cm³/mol. The van der Waals surface area contributed by atoms with Gasteiger partial charge in [-0.15, -0.1) is 0 Å². The summed E-state index contributed by atoms with van der Waals surface area (Å²) in [6.07, 6.45) is -2.24. The van der Waals surface area contributed by atoms with E-state index in [1.165, 1.54) is 6.07 Å². The van der Waals surface area contributed by atoms with Gasteiger partial charge >= 0.3 is 6.18 Å². The zero-order chi connectivity index (χ0) is 15.5. The number of benzene rings is 1. The molecule has 0 spiro atoms. The molecule has 0 aliphatic carbocycles. The second-order valence-corrected chi connectivity index (χ2v) is 5.21. The molecule has 1 aliphatic heterocycles. The third-order valence-corrected chi connectivity index (χ3v) is 3.75. The minimum Gasteiger partial charge on any atom is -0.377 e. The lowest BCUT2D eigenvalue weighted by Crippen LogP contribution is -2.40. The number of hydrogen-bond donors (Lipinski definition) is 1. The molecular weight excluding hydrogens is 281 g/mol. The van der Waals surface area contributed by atoms with Gasteiger partial charge in [-0.1, -0.05) is 0 Å². The van der Waals surface area contributed by atoms with E-state index in [2.05, 4.69) is 4.90 Å². The summed E-state index contributed by atoms with van der Waals surface area (Å²) < 4.78 is 43.9. The highest BCUT2D eigenvalue weighted by molar-refractivity contribution is 5.56. The van der Waals surface area contributed by atoms with Crippen LogP contribution in [-0.2, 0) is 17.5 Å². The number of piperidine rings is 1. The Morgan fingerprint density at radius 3 is 2.76 bits per heavy atom. The zero-order valence-corrected chi connectivity index (χ0v) is 12.1. The maximum atomic E-state index is 12.8. The lowest BCUT2D eigenvalue weighted by molar-refractivity contribution is -0.137. The second-order valence-electron chi connectivity index (χ2n) is 5.21. The summed E-state index contributed by atoms with van der Waals surface area (Å²) in [7, 11) is 0. The summed E-state index contributed by atoms with van der Waals surface area (Å²) in [6, 6.07) is 3.80. The Morgan fingerprint density at radius 1 is 1.38 bits per heavy atom. The Balaban J connectivity index is 2.22.